The number of rotatable bonds is 7. The van der Waals surface area contributed by atoms with Gasteiger partial charge in [-0.3, -0.25) is 10.1 Å². The quantitative estimate of drug-likeness (QED) is 0.575. The fourth-order valence-corrected chi connectivity index (χ4v) is 3.28. The van der Waals surface area contributed by atoms with E-state index in [-0.39, 0.29) is 34.4 Å². The van der Waals surface area contributed by atoms with Crippen LogP contribution in [0.25, 0.3) is 0 Å². The van der Waals surface area contributed by atoms with E-state index in [1.165, 1.54) is 12.1 Å². The summed E-state index contributed by atoms with van der Waals surface area (Å²) in [5, 5.41) is 15.9. The third-order valence-corrected chi connectivity index (χ3v) is 4.67. The Morgan fingerprint density at radius 1 is 1.43 bits per heavy atom. The molecule has 118 valence electrons. The summed E-state index contributed by atoms with van der Waals surface area (Å²) in [6.07, 6.45) is 0. The Balaban J connectivity index is 2.86. The van der Waals surface area contributed by atoms with E-state index in [0.29, 0.717) is 5.75 Å². The van der Waals surface area contributed by atoms with Crippen LogP contribution in [-0.4, -0.2) is 25.7 Å². The van der Waals surface area contributed by atoms with Gasteiger partial charge < -0.3 is 4.74 Å². The molecule has 21 heavy (non-hydrogen) atoms. The second-order valence-corrected chi connectivity index (χ2v) is 7.44. The molecule has 2 N–H and O–H groups in total. The number of halogens is 1. The van der Waals surface area contributed by atoms with Crippen LogP contribution in [0, 0.1) is 22.0 Å². The van der Waals surface area contributed by atoms with E-state index in [1.807, 2.05) is 13.8 Å². The highest BCUT2D eigenvalue weighted by Crippen LogP contribution is 2.34. The minimum absolute atomic E-state index is 0.0424. The van der Waals surface area contributed by atoms with Crippen LogP contribution in [0.5, 0.6) is 5.75 Å². The Bertz CT molecular complexity index is 618. The summed E-state index contributed by atoms with van der Waals surface area (Å²) in [6.45, 7) is 3.83. The molecule has 1 aromatic rings. The van der Waals surface area contributed by atoms with E-state index in [2.05, 4.69) is 15.9 Å². The summed E-state index contributed by atoms with van der Waals surface area (Å²) in [7, 11) is -3.60. The second-order valence-electron chi connectivity index (χ2n) is 4.99. The zero-order chi connectivity index (χ0) is 16.2. The van der Waals surface area contributed by atoms with Gasteiger partial charge in [-0.2, -0.15) is 0 Å². The Labute approximate surface area is 131 Å². The lowest BCUT2D eigenvalue weighted by atomic mass is 9.99. The number of benzene rings is 1. The number of primary sulfonamides is 1. The first-order chi connectivity index (χ1) is 9.61. The van der Waals surface area contributed by atoms with Gasteiger partial charge in [0.2, 0.25) is 10.0 Å². The van der Waals surface area contributed by atoms with Crippen molar-refractivity contribution in [2.45, 2.75) is 13.8 Å². The summed E-state index contributed by atoms with van der Waals surface area (Å²) in [6, 6.07) is 4.43. The van der Waals surface area contributed by atoms with Gasteiger partial charge >= 0.3 is 0 Å². The van der Waals surface area contributed by atoms with Gasteiger partial charge in [-0.05, 0) is 27.9 Å². The second kappa shape index (κ2) is 7.19. The van der Waals surface area contributed by atoms with Crippen LogP contribution in [0.15, 0.2) is 22.7 Å². The highest BCUT2D eigenvalue weighted by Gasteiger charge is 2.22. The summed E-state index contributed by atoms with van der Waals surface area (Å²) < 4.78 is 28.1. The summed E-state index contributed by atoms with van der Waals surface area (Å²) in [4.78, 5) is 10.3. The van der Waals surface area contributed by atoms with Crippen molar-refractivity contribution in [1.82, 2.24) is 0 Å². The number of nitro groups is 1. The molecule has 0 fully saturated rings. The van der Waals surface area contributed by atoms with Crippen molar-refractivity contribution in [3.05, 3.63) is 32.8 Å². The molecule has 0 radical (unpaired) electrons. The van der Waals surface area contributed by atoms with Crippen LogP contribution in [0.4, 0.5) is 5.69 Å². The molecular weight excluding hydrogens is 364 g/mol. The van der Waals surface area contributed by atoms with Gasteiger partial charge in [-0.15, -0.1) is 0 Å². The van der Waals surface area contributed by atoms with E-state index in [4.69, 9.17) is 9.88 Å². The maximum absolute atomic E-state index is 11.2. The van der Waals surface area contributed by atoms with Gasteiger partial charge in [0.05, 0.1) is 17.3 Å². The van der Waals surface area contributed by atoms with Crippen molar-refractivity contribution in [3.8, 4) is 5.75 Å². The molecule has 0 amide bonds. The molecule has 0 aliphatic heterocycles. The fourth-order valence-electron chi connectivity index (χ4n) is 1.68. The first-order valence-corrected chi connectivity index (χ1v) is 8.69. The average molecular weight is 381 g/mol. The van der Waals surface area contributed by atoms with Gasteiger partial charge in [-0.1, -0.05) is 19.9 Å². The highest BCUT2D eigenvalue weighted by atomic mass is 79.9. The molecule has 9 heteroatoms. The van der Waals surface area contributed by atoms with E-state index in [0.717, 1.165) is 0 Å². The average Bonchev–Trinajstić information content (AvgIpc) is 2.33. The van der Waals surface area contributed by atoms with E-state index in [9.17, 15) is 18.5 Å². The predicted octanol–water partition coefficient (Wildman–Crippen LogP) is 2.30. The zero-order valence-electron chi connectivity index (χ0n) is 11.7. The number of sulfonamides is 1. The first-order valence-electron chi connectivity index (χ1n) is 6.18. The van der Waals surface area contributed by atoms with Gasteiger partial charge in [0, 0.05) is 12.0 Å². The van der Waals surface area contributed by atoms with Crippen LogP contribution in [-0.2, 0) is 10.0 Å². The molecule has 0 spiro atoms. The number of nitro benzene ring substituents is 1. The van der Waals surface area contributed by atoms with Crippen molar-refractivity contribution in [1.29, 1.82) is 0 Å². The minimum atomic E-state index is -3.60. The van der Waals surface area contributed by atoms with Crippen LogP contribution in [0.3, 0.4) is 0 Å². The van der Waals surface area contributed by atoms with E-state index >= 15 is 0 Å². The number of ether oxygens (including phenoxy) is 1. The maximum atomic E-state index is 11.2. The molecule has 0 aliphatic rings. The molecule has 7 nitrogen and oxygen atoms in total. The zero-order valence-corrected chi connectivity index (χ0v) is 14.1. The van der Waals surface area contributed by atoms with Gasteiger partial charge in [-0.25, -0.2) is 13.6 Å². The standard InChI is InChI=1S/C12H17BrN2O5S/c1-8(2)9(7-21(14,18)19)6-20-11-5-3-4-10(12(11)13)15(16)17/h3-5,8-9H,6-7H2,1-2H3,(H2,14,18,19). The highest BCUT2D eigenvalue weighted by molar-refractivity contribution is 9.10. The Hall–Kier alpha value is -1.19. The van der Waals surface area contributed by atoms with Gasteiger partial charge in [0.25, 0.3) is 5.69 Å². The van der Waals surface area contributed by atoms with Crippen LogP contribution >= 0.6 is 15.9 Å². The van der Waals surface area contributed by atoms with Crippen molar-refractivity contribution in [3.63, 3.8) is 0 Å². The normalized spacial score (nSPS) is 13.2. The Kier molecular flexibility index (Phi) is 6.11. The lowest BCUT2D eigenvalue weighted by Crippen LogP contribution is -2.30. The third-order valence-electron chi connectivity index (χ3n) is 2.98. The lowest BCUT2D eigenvalue weighted by molar-refractivity contribution is -0.385. The van der Waals surface area contributed by atoms with Crippen molar-refractivity contribution >= 4 is 31.6 Å². The molecule has 1 rings (SSSR count). The Morgan fingerprint density at radius 3 is 2.52 bits per heavy atom. The number of nitrogens with zero attached hydrogens (tertiary/aromatic N) is 1. The SMILES string of the molecule is CC(C)C(COc1cccc([N+](=O)[O-])c1Br)CS(N)(=O)=O. The topological polar surface area (TPSA) is 113 Å². The minimum Gasteiger partial charge on any atom is -0.492 e. The maximum Gasteiger partial charge on any atom is 0.287 e. The smallest absolute Gasteiger partial charge is 0.287 e. The molecule has 0 aliphatic carbocycles. The number of hydrogen-bond donors (Lipinski definition) is 1. The number of hydrogen-bond acceptors (Lipinski definition) is 5. The molecule has 0 heterocycles. The monoisotopic (exact) mass is 380 g/mol. The third kappa shape index (κ3) is 5.60. The summed E-state index contributed by atoms with van der Waals surface area (Å²) >= 11 is 3.12. The predicted molar refractivity (Wildman–Crippen MR) is 82.6 cm³/mol. The molecule has 1 aromatic carbocycles. The molecule has 1 unspecified atom stereocenters. The Morgan fingerprint density at radius 2 is 2.05 bits per heavy atom. The fraction of sp³-hybridized carbons (Fsp3) is 0.500. The molecule has 0 aromatic heterocycles. The van der Waals surface area contributed by atoms with E-state index < -0.39 is 14.9 Å². The molecular formula is C12H17BrN2O5S. The van der Waals surface area contributed by atoms with Crippen molar-refractivity contribution in [2.24, 2.45) is 17.0 Å². The largest absolute Gasteiger partial charge is 0.492 e. The van der Waals surface area contributed by atoms with Crippen LogP contribution in [0.2, 0.25) is 0 Å². The first kappa shape index (κ1) is 17.9. The van der Waals surface area contributed by atoms with Crippen LogP contribution in [0.1, 0.15) is 13.8 Å². The van der Waals surface area contributed by atoms with E-state index in [1.54, 1.807) is 6.07 Å². The van der Waals surface area contributed by atoms with Gasteiger partial charge in [0.1, 0.15) is 10.2 Å². The van der Waals surface area contributed by atoms with Gasteiger partial charge in [0.15, 0.2) is 0 Å². The molecule has 0 saturated carbocycles. The summed E-state index contributed by atoms with van der Waals surface area (Å²) in [5.74, 6) is -0.159. The summed E-state index contributed by atoms with van der Waals surface area (Å²) in [5.41, 5.74) is -0.111. The van der Waals surface area contributed by atoms with Crippen LogP contribution < -0.4 is 9.88 Å². The number of nitrogens with two attached hydrogens (primary N) is 1. The molecule has 0 bridgehead atoms. The lowest BCUT2D eigenvalue weighted by Gasteiger charge is -2.20. The molecule has 1 atom stereocenters. The van der Waals surface area contributed by atoms with Crippen molar-refractivity contribution in [2.75, 3.05) is 12.4 Å². The molecule has 0 saturated heterocycles. The van der Waals surface area contributed by atoms with Crippen molar-refractivity contribution < 1.29 is 18.1 Å².